The van der Waals surface area contributed by atoms with Gasteiger partial charge in [-0.25, -0.2) is 9.97 Å². The maximum absolute atomic E-state index is 12.3. The molecule has 0 atom stereocenters. The number of benzene rings is 1. The number of aromatic nitrogens is 2. The largest absolute Gasteiger partial charge is 0.357 e. The molecule has 162 valence electrons. The minimum absolute atomic E-state index is 0.0612. The van der Waals surface area contributed by atoms with E-state index in [0.717, 1.165) is 34.4 Å². The lowest BCUT2D eigenvalue weighted by Crippen LogP contribution is -2.34. The van der Waals surface area contributed by atoms with E-state index in [9.17, 15) is 4.79 Å². The van der Waals surface area contributed by atoms with E-state index in [1.807, 2.05) is 38.2 Å². The molecule has 30 heavy (non-hydrogen) atoms. The predicted molar refractivity (Wildman–Crippen MR) is 125 cm³/mol. The van der Waals surface area contributed by atoms with Crippen molar-refractivity contribution >= 4 is 23.5 Å². The number of rotatable bonds is 8. The van der Waals surface area contributed by atoms with Crippen LogP contribution in [0, 0.1) is 0 Å². The number of amides is 1. The maximum atomic E-state index is 12.3. The Bertz CT molecular complexity index is 834. The van der Waals surface area contributed by atoms with E-state index < -0.39 is 0 Å². The summed E-state index contributed by atoms with van der Waals surface area (Å²) in [4.78, 5) is 25.9. The quantitative estimate of drug-likeness (QED) is 0.429. The Labute approximate surface area is 185 Å². The van der Waals surface area contributed by atoms with E-state index in [-0.39, 0.29) is 5.91 Å². The summed E-state index contributed by atoms with van der Waals surface area (Å²) in [6.07, 6.45) is 7.40. The van der Waals surface area contributed by atoms with Crippen molar-refractivity contribution < 1.29 is 4.79 Å². The Balaban J connectivity index is 1.68. The Morgan fingerprint density at radius 2 is 1.77 bits per heavy atom. The lowest BCUT2D eigenvalue weighted by atomic mass is 9.94. The van der Waals surface area contributed by atoms with Crippen LogP contribution in [-0.4, -0.2) is 47.5 Å². The molecule has 1 aliphatic carbocycles. The summed E-state index contributed by atoms with van der Waals surface area (Å²) in [5.74, 6) is 1.89. The normalized spacial score (nSPS) is 14.5. The van der Waals surface area contributed by atoms with Crippen LogP contribution < -0.4 is 4.90 Å². The highest BCUT2D eigenvalue weighted by molar-refractivity contribution is 7.98. The topological polar surface area (TPSA) is 49.3 Å². The molecule has 0 spiro atoms. The minimum Gasteiger partial charge on any atom is -0.357 e. The third kappa shape index (κ3) is 5.75. The molecule has 0 radical (unpaired) electrons. The zero-order valence-electron chi connectivity index (χ0n) is 18.7. The fourth-order valence-corrected chi connectivity index (χ4v) is 4.62. The smallest absolute Gasteiger partial charge is 0.253 e. The molecule has 1 aliphatic rings. The molecule has 0 saturated heterocycles. The Morgan fingerprint density at radius 1 is 1.07 bits per heavy atom. The van der Waals surface area contributed by atoms with Crippen molar-refractivity contribution in [1.29, 1.82) is 0 Å². The van der Waals surface area contributed by atoms with Gasteiger partial charge >= 0.3 is 0 Å². The Morgan fingerprint density at radius 3 is 2.40 bits per heavy atom. The van der Waals surface area contributed by atoms with Crippen LogP contribution in [0.4, 0.5) is 5.82 Å². The van der Waals surface area contributed by atoms with Gasteiger partial charge in [0.15, 0.2) is 5.16 Å². The molecule has 2 aromatic rings. The van der Waals surface area contributed by atoms with Gasteiger partial charge < -0.3 is 9.80 Å². The second-order valence-electron chi connectivity index (χ2n) is 8.06. The van der Waals surface area contributed by atoms with Crippen LogP contribution in [-0.2, 0) is 12.2 Å². The Kier molecular flexibility index (Phi) is 8.14. The summed E-state index contributed by atoms with van der Waals surface area (Å²) in [5, 5.41) is 0.831. The van der Waals surface area contributed by atoms with Crippen LogP contribution in [0.25, 0.3) is 0 Å². The third-order valence-electron chi connectivity index (χ3n) is 5.98. The molecule has 0 N–H and O–H groups in total. The van der Waals surface area contributed by atoms with Crippen LogP contribution in [0.2, 0.25) is 0 Å². The summed E-state index contributed by atoms with van der Waals surface area (Å²) < 4.78 is 0. The summed E-state index contributed by atoms with van der Waals surface area (Å²) >= 11 is 1.66. The molecule has 1 aromatic heterocycles. The first kappa shape index (κ1) is 22.6. The molecule has 0 bridgehead atoms. The molecule has 1 aromatic carbocycles. The monoisotopic (exact) mass is 426 g/mol. The van der Waals surface area contributed by atoms with E-state index in [0.29, 0.717) is 12.6 Å². The zero-order valence-corrected chi connectivity index (χ0v) is 19.5. The van der Waals surface area contributed by atoms with Gasteiger partial charge in [0, 0.05) is 49.8 Å². The lowest BCUT2D eigenvalue weighted by molar-refractivity contribution is 0.0802. The first-order chi connectivity index (χ1) is 14.5. The number of hydrogen-bond donors (Lipinski definition) is 0. The molecule has 5 nitrogen and oxygen atoms in total. The summed E-state index contributed by atoms with van der Waals surface area (Å²) in [5.41, 5.74) is 2.99. The third-order valence-corrected chi connectivity index (χ3v) is 6.90. The molecule has 1 fully saturated rings. The highest BCUT2D eigenvalue weighted by atomic mass is 32.2. The SMILES string of the molecule is CCc1cc(N(C)C2CCCCC2)nc(SCc2ccc(C(=O)N(C)CC)cc2)n1. The number of thioether (sulfide) groups is 1. The highest BCUT2D eigenvalue weighted by Crippen LogP contribution is 2.28. The van der Waals surface area contributed by atoms with Crippen molar-refractivity contribution in [2.75, 3.05) is 25.5 Å². The number of aryl methyl sites for hydroxylation is 1. The molecule has 0 unspecified atom stereocenters. The van der Waals surface area contributed by atoms with E-state index >= 15 is 0 Å². The van der Waals surface area contributed by atoms with Crippen molar-refractivity contribution in [3.8, 4) is 0 Å². The summed E-state index contributed by atoms with van der Waals surface area (Å²) in [6, 6.07) is 10.6. The van der Waals surface area contributed by atoms with Gasteiger partial charge in [-0.2, -0.15) is 0 Å². The van der Waals surface area contributed by atoms with Crippen molar-refractivity contribution in [1.82, 2.24) is 14.9 Å². The molecular weight excluding hydrogens is 392 g/mol. The molecule has 1 saturated carbocycles. The minimum atomic E-state index is 0.0612. The van der Waals surface area contributed by atoms with Crippen molar-refractivity contribution in [3.63, 3.8) is 0 Å². The fourth-order valence-electron chi connectivity index (χ4n) is 3.80. The molecule has 0 aliphatic heterocycles. The average molecular weight is 427 g/mol. The lowest BCUT2D eigenvalue weighted by Gasteiger charge is -2.32. The highest BCUT2D eigenvalue weighted by Gasteiger charge is 2.20. The number of anilines is 1. The molecule has 3 rings (SSSR count). The summed E-state index contributed by atoms with van der Waals surface area (Å²) in [6.45, 7) is 4.83. The number of hydrogen-bond acceptors (Lipinski definition) is 5. The fraction of sp³-hybridized carbons (Fsp3) is 0.542. The van der Waals surface area contributed by atoms with Crippen LogP contribution in [0.5, 0.6) is 0 Å². The molecule has 1 amide bonds. The van der Waals surface area contributed by atoms with Crippen molar-refractivity contribution in [2.45, 2.75) is 69.3 Å². The van der Waals surface area contributed by atoms with Gasteiger partial charge in [-0.1, -0.05) is 50.1 Å². The predicted octanol–water partition coefficient (Wildman–Crippen LogP) is 5.19. The van der Waals surface area contributed by atoms with Gasteiger partial charge in [0.1, 0.15) is 5.82 Å². The average Bonchev–Trinajstić information content (AvgIpc) is 2.81. The Hall–Kier alpha value is -2.08. The maximum Gasteiger partial charge on any atom is 0.253 e. The van der Waals surface area contributed by atoms with Crippen LogP contribution in [0.1, 0.15) is 67.6 Å². The van der Waals surface area contributed by atoms with Gasteiger partial charge in [0.2, 0.25) is 0 Å². The van der Waals surface area contributed by atoms with Crippen LogP contribution >= 0.6 is 11.8 Å². The first-order valence-electron chi connectivity index (χ1n) is 11.1. The second kappa shape index (κ2) is 10.8. The first-order valence-corrected chi connectivity index (χ1v) is 12.1. The van der Waals surface area contributed by atoms with Gasteiger partial charge in [-0.15, -0.1) is 0 Å². The second-order valence-corrected chi connectivity index (χ2v) is 9.00. The van der Waals surface area contributed by atoms with E-state index in [2.05, 4.69) is 24.9 Å². The van der Waals surface area contributed by atoms with Crippen molar-refractivity contribution in [2.24, 2.45) is 0 Å². The zero-order chi connectivity index (χ0) is 21.5. The van der Waals surface area contributed by atoms with Gasteiger partial charge in [-0.3, -0.25) is 4.79 Å². The number of carbonyl (C=O) groups excluding carboxylic acids is 1. The molecule has 1 heterocycles. The van der Waals surface area contributed by atoms with E-state index in [1.165, 1.54) is 37.7 Å². The molecule has 6 heteroatoms. The van der Waals surface area contributed by atoms with Gasteiger partial charge in [0.25, 0.3) is 5.91 Å². The van der Waals surface area contributed by atoms with Crippen LogP contribution in [0.3, 0.4) is 0 Å². The van der Waals surface area contributed by atoms with Gasteiger partial charge in [0.05, 0.1) is 0 Å². The van der Waals surface area contributed by atoms with Crippen molar-refractivity contribution in [3.05, 3.63) is 47.2 Å². The summed E-state index contributed by atoms with van der Waals surface area (Å²) in [7, 11) is 4.00. The van der Waals surface area contributed by atoms with Gasteiger partial charge in [-0.05, 0) is 43.9 Å². The van der Waals surface area contributed by atoms with E-state index in [4.69, 9.17) is 9.97 Å². The molecular formula is C24H34N4OS. The number of carbonyl (C=O) groups is 1. The number of nitrogens with zero attached hydrogens (tertiary/aromatic N) is 4. The van der Waals surface area contributed by atoms with Crippen LogP contribution in [0.15, 0.2) is 35.5 Å². The standard InChI is InChI=1S/C24H34N4OS/c1-5-20-16-22(28(4)21-10-8-7-9-11-21)26-24(25-20)30-17-18-12-14-19(15-13-18)23(29)27(3)6-2/h12-16,21H,5-11,17H2,1-4H3. The van der Waals surface area contributed by atoms with E-state index in [1.54, 1.807) is 16.7 Å².